The Morgan fingerprint density at radius 2 is 2.11 bits per heavy atom. The Hall–Kier alpha value is -1.75. The number of rotatable bonds is 7. The van der Waals surface area contributed by atoms with Crippen LogP contribution in [0.2, 0.25) is 0 Å². The van der Waals surface area contributed by atoms with E-state index < -0.39 is 5.97 Å². The quantitative estimate of drug-likeness (QED) is 0.790. The van der Waals surface area contributed by atoms with E-state index in [9.17, 15) is 4.79 Å². The average Bonchev–Trinajstić information content (AvgIpc) is 2.85. The average molecular weight is 276 g/mol. The van der Waals surface area contributed by atoms with Gasteiger partial charge in [-0.05, 0) is 18.4 Å². The highest BCUT2D eigenvalue weighted by Gasteiger charge is 2.06. The van der Waals surface area contributed by atoms with Crippen LogP contribution in [0.15, 0.2) is 47.9 Å². The third-order valence-electron chi connectivity index (χ3n) is 2.71. The summed E-state index contributed by atoms with van der Waals surface area (Å²) in [6, 6.07) is 10.3. The Bertz CT molecular complexity index is 525. The Morgan fingerprint density at radius 1 is 1.32 bits per heavy atom. The normalized spacial score (nSPS) is 10.5. The van der Waals surface area contributed by atoms with Crippen LogP contribution in [0.5, 0.6) is 0 Å². The molecule has 1 heterocycles. The van der Waals surface area contributed by atoms with E-state index in [1.807, 2.05) is 29.0 Å². The highest BCUT2D eigenvalue weighted by Crippen LogP contribution is 2.16. The summed E-state index contributed by atoms with van der Waals surface area (Å²) in [6.07, 6.45) is 5.64. The fraction of sp³-hybridized carbons (Fsp3) is 0.286. The first kappa shape index (κ1) is 13.7. The van der Waals surface area contributed by atoms with Crippen molar-refractivity contribution in [3.63, 3.8) is 0 Å². The Morgan fingerprint density at radius 3 is 2.84 bits per heavy atom. The molecule has 4 nitrogen and oxygen atoms in total. The highest BCUT2D eigenvalue weighted by molar-refractivity contribution is 7.99. The van der Waals surface area contributed by atoms with E-state index in [-0.39, 0.29) is 5.75 Å². The van der Waals surface area contributed by atoms with Crippen molar-refractivity contribution in [1.29, 1.82) is 0 Å². The Kier molecular flexibility index (Phi) is 5.03. The van der Waals surface area contributed by atoms with Gasteiger partial charge in [0.15, 0.2) is 5.16 Å². The zero-order valence-electron chi connectivity index (χ0n) is 10.5. The zero-order valence-corrected chi connectivity index (χ0v) is 11.3. The lowest BCUT2D eigenvalue weighted by molar-refractivity contribution is -0.133. The predicted molar refractivity (Wildman–Crippen MR) is 75.3 cm³/mol. The van der Waals surface area contributed by atoms with E-state index >= 15 is 0 Å². The van der Waals surface area contributed by atoms with Gasteiger partial charge in [0.25, 0.3) is 0 Å². The van der Waals surface area contributed by atoms with Gasteiger partial charge >= 0.3 is 5.97 Å². The highest BCUT2D eigenvalue weighted by atomic mass is 32.2. The smallest absolute Gasteiger partial charge is 0.313 e. The van der Waals surface area contributed by atoms with Gasteiger partial charge in [-0.2, -0.15) is 0 Å². The van der Waals surface area contributed by atoms with E-state index in [0.29, 0.717) is 0 Å². The molecule has 0 amide bonds. The summed E-state index contributed by atoms with van der Waals surface area (Å²) in [5.74, 6) is -0.765. The van der Waals surface area contributed by atoms with Crippen molar-refractivity contribution in [2.75, 3.05) is 5.75 Å². The third kappa shape index (κ3) is 4.44. The summed E-state index contributed by atoms with van der Waals surface area (Å²) in [6.45, 7) is 0.858. The minimum atomic E-state index is -0.816. The summed E-state index contributed by atoms with van der Waals surface area (Å²) in [5.41, 5.74) is 1.32. The second-order valence-electron chi connectivity index (χ2n) is 4.17. The van der Waals surface area contributed by atoms with Crippen LogP contribution < -0.4 is 0 Å². The van der Waals surface area contributed by atoms with Gasteiger partial charge in [-0.1, -0.05) is 42.1 Å². The van der Waals surface area contributed by atoms with Crippen molar-refractivity contribution in [3.8, 4) is 0 Å². The van der Waals surface area contributed by atoms with Gasteiger partial charge in [0, 0.05) is 18.9 Å². The number of carbonyl (C=O) groups is 1. The van der Waals surface area contributed by atoms with E-state index in [4.69, 9.17) is 5.11 Å². The van der Waals surface area contributed by atoms with Gasteiger partial charge in [-0.25, -0.2) is 4.98 Å². The molecule has 0 aliphatic rings. The van der Waals surface area contributed by atoms with Crippen molar-refractivity contribution in [3.05, 3.63) is 48.3 Å². The van der Waals surface area contributed by atoms with Crippen molar-refractivity contribution >= 4 is 17.7 Å². The van der Waals surface area contributed by atoms with Crippen LogP contribution in [-0.4, -0.2) is 26.4 Å². The molecule has 0 saturated carbocycles. The van der Waals surface area contributed by atoms with Crippen LogP contribution in [0.1, 0.15) is 12.0 Å². The van der Waals surface area contributed by atoms with E-state index in [1.165, 1.54) is 17.3 Å². The van der Waals surface area contributed by atoms with E-state index in [1.54, 1.807) is 6.20 Å². The fourth-order valence-electron chi connectivity index (χ4n) is 1.83. The molecule has 0 aliphatic carbocycles. The first-order valence-corrected chi connectivity index (χ1v) is 7.14. The topological polar surface area (TPSA) is 55.1 Å². The molecule has 100 valence electrons. The van der Waals surface area contributed by atoms with Gasteiger partial charge in [0.05, 0.1) is 5.75 Å². The number of aromatic nitrogens is 2. The molecule has 1 aromatic carbocycles. The maximum absolute atomic E-state index is 10.5. The number of thioether (sulfide) groups is 1. The molecule has 0 radical (unpaired) electrons. The summed E-state index contributed by atoms with van der Waals surface area (Å²) >= 11 is 1.26. The number of imidazole rings is 1. The number of carboxylic acid groups (broad SMARTS) is 1. The Labute approximate surface area is 116 Å². The van der Waals surface area contributed by atoms with Crippen LogP contribution in [0.3, 0.4) is 0 Å². The SMILES string of the molecule is O=C(O)CSc1nccn1CCCc1ccccc1. The first-order valence-electron chi connectivity index (χ1n) is 6.15. The lowest BCUT2D eigenvalue weighted by Crippen LogP contribution is -2.03. The van der Waals surface area contributed by atoms with Crippen LogP contribution in [0, 0.1) is 0 Å². The molecule has 0 bridgehead atoms. The monoisotopic (exact) mass is 276 g/mol. The largest absolute Gasteiger partial charge is 0.481 e. The van der Waals surface area contributed by atoms with Crippen molar-refractivity contribution in [2.45, 2.75) is 24.5 Å². The van der Waals surface area contributed by atoms with Crippen LogP contribution >= 0.6 is 11.8 Å². The van der Waals surface area contributed by atoms with Crippen molar-refractivity contribution in [2.24, 2.45) is 0 Å². The fourth-order valence-corrected chi connectivity index (χ4v) is 2.54. The van der Waals surface area contributed by atoms with Gasteiger partial charge in [-0.15, -0.1) is 0 Å². The van der Waals surface area contributed by atoms with Crippen molar-refractivity contribution in [1.82, 2.24) is 9.55 Å². The summed E-state index contributed by atoms with van der Waals surface area (Å²) in [4.78, 5) is 14.7. The van der Waals surface area contributed by atoms with Crippen molar-refractivity contribution < 1.29 is 9.90 Å². The molecule has 0 aliphatic heterocycles. The summed E-state index contributed by atoms with van der Waals surface area (Å²) in [7, 11) is 0. The molecule has 0 spiro atoms. The standard InChI is InChI=1S/C14H16N2O2S/c17-13(18)11-19-14-15-8-10-16(14)9-4-7-12-5-2-1-3-6-12/h1-3,5-6,8,10H,4,7,9,11H2,(H,17,18). The zero-order chi connectivity index (χ0) is 13.5. The number of benzene rings is 1. The number of nitrogens with zero attached hydrogens (tertiary/aromatic N) is 2. The van der Waals surface area contributed by atoms with Gasteiger partial charge in [0.2, 0.25) is 0 Å². The number of hydrogen-bond donors (Lipinski definition) is 1. The van der Waals surface area contributed by atoms with E-state index in [2.05, 4.69) is 17.1 Å². The van der Waals surface area contributed by atoms with Crippen LogP contribution in [0.4, 0.5) is 0 Å². The Balaban J connectivity index is 1.83. The second kappa shape index (κ2) is 6.99. The number of hydrogen-bond acceptors (Lipinski definition) is 3. The molecule has 5 heteroatoms. The molecular weight excluding hydrogens is 260 g/mol. The summed E-state index contributed by atoms with van der Waals surface area (Å²) < 4.78 is 2.01. The molecule has 0 unspecified atom stereocenters. The van der Waals surface area contributed by atoms with E-state index in [0.717, 1.165) is 24.5 Å². The molecule has 0 atom stereocenters. The predicted octanol–water partition coefficient (Wildman–Crippen LogP) is 2.69. The molecule has 1 N–H and O–H groups in total. The minimum Gasteiger partial charge on any atom is -0.481 e. The molecular formula is C14H16N2O2S. The van der Waals surface area contributed by atoms with Gasteiger partial charge in [0.1, 0.15) is 0 Å². The van der Waals surface area contributed by atoms with Gasteiger partial charge in [-0.3, -0.25) is 4.79 Å². The number of aryl methyl sites for hydroxylation is 2. The maximum atomic E-state index is 10.5. The molecule has 19 heavy (non-hydrogen) atoms. The maximum Gasteiger partial charge on any atom is 0.313 e. The minimum absolute atomic E-state index is 0.0513. The molecule has 2 rings (SSSR count). The number of aliphatic carboxylic acids is 1. The second-order valence-corrected chi connectivity index (χ2v) is 5.12. The first-order chi connectivity index (χ1) is 9.25. The molecule has 0 fully saturated rings. The van der Waals surface area contributed by atoms with Gasteiger partial charge < -0.3 is 9.67 Å². The third-order valence-corrected chi connectivity index (χ3v) is 3.70. The summed E-state index contributed by atoms with van der Waals surface area (Å²) in [5, 5.41) is 9.44. The molecule has 2 aromatic rings. The number of carboxylic acids is 1. The lowest BCUT2D eigenvalue weighted by atomic mass is 10.1. The molecule has 0 saturated heterocycles. The van der Waals surface area contributed by atoms with Crippen LogP contribution in [0.25, 0.3) is 0 Å². The lowest BCUT2D eigenvalue weighted by Gasteiger charge is -2.06. The van der Waals surface area contributed by atoms with Crippen LogP contribution in [-0.2, 0) is 17.8 Å². The molecule has 1 aromatic heterocycles.